The summed E-state index contributed by atoms with van der Waals surface area (Å²) < 4.78 is 25.7. The first kappa shape index (κ1) is 19.5. The number of hydrogen-bond acceptors (Lipinski definition) is 7. The van der Waals surface area contributed by atoms with Gasteiger partial charge in [-0.1, -0.05) is 6.92 Å². The van der Waals surface area contributed by atoms with E-state index in [-0.39, 0.29) is 19.6 Å². The van der Waals surface area contributed by atoms with Gasteiger partial charge in [0.25, 0.3) is 7.82 Å². The number of phosphoric ester groups is 1. The Kier molecular flexibility index (Phi) is 8.50. The van der Waals surface area contributed by atoms with Crippen molar-refractivity contribution >= 4 is 13.8 Å². The summed E-state index contributed by atoms with van der Waals surface area (Å²) in [6, 6.07) is 0. The topological polar surface area (TPSA) is 105 Å². The van der Waals surface area contributed by atoms with Crippen molar-refractivity contribution in [2.75, 3.05) is 47.5 Å². The Morgan fingerprint density at radius 1 is 1.30 bits per heavy atom. The van der Waals surface area contributed by atoms with Crippen LogP contribution < -0.4 is 4.89 Å². The van der Waals surface area contributed by atoms with Crippen LogP contribution in [0, 0.1) is 0 Å². The summed E-state index contributed by atoms with van der Waals surface area (Å²) in [7, 11) is 1.24. The molecule has 0 aliphatic heterocycles. The molecule has 1 N–H and O–H groups in total. The molecule has 0 aliphatic rings. The lowest BCUT2D eigenvalue weighted by molar-refractivity contribution is -0.870. The number of quaternary nitrogens is 1. The number of rotatable bonds is 10. The molecule has 0 rings (SSSR count). The monoisotopic (exact) mass is 313 g/mol. The largest absolute Gasteiger partial charge is 0.756 e. The molecule has 0 spiro atoms. The Hall–Kier alpha value is -0.500. The standard InChI is InChI=1S/C11H24NO7P/c1-5-11(14)17-8-10(13)9-19-20(15,16)18-7-6-12(2,3)4/h10,13H,5-9H2,1-4H3. The summed E-state index contributed by atoms with van der Waals surface area (Å²) in [5, 5.41) is 9.39. The van der Waals surface area contributed by atoms with Crippen molar-refractivity contribution in [2.45, 2.75) is 19.4 Å². The Bertz CT molecular complexity index is 342. The molecule has 0 saturated heterocycles. The molecule has 0 radical (unpaired) electrons. The van der Waals surface area contributed by atoms with Gasteiger partial charge >= 0.3 is 5.97 Å². The van der Waals surface area contributed by atoms with Crippen molar-refractivity contribution in [1.29, 1.82) is 0 Å². The van der Waals surface area contributed by atoms with Crippen LogP contribution in [-0.2, 0) is 23.1 Å². The zero-order valence-electron chi connectivity index (χ0n) is 12.4. The van der Waals surface area contributed by atoms with E-state index in [4.69, 9.17) is 0 Å². The van der Waals surface area contributed by atoms with Gasteiger partial charge in [0.15, 0.2) is 0 Å². The van der Waals surface area contributed by atoms with Crippen LogP contribution in [0.5, 0.6) is 0 Å². The number of ether oxygens (including phenoxy) is 1. The third-order valence-electron chi connectivity index (χ3n) is 2.16. The second-order valence-corrected chi connectivity index (χ2v) is 6.69. The normalized spacial score (nSPS) is 16.5. The number of aliphatic hydroxyl groups is 1. The van der Waals surface area contributed by atoms with E-state index in [0.29, 0.717) is 11.0 Å². The number of aliphatic hydroxyl groups excluding tert-OH is 1. The molecule has 9 heteroatoms. The molecular weight excluding hydrogens is 289 g/mol. The average Bonchev–Trinajstić information content (AvgIpc) is 2.31. The first-order valence-electron chi connectivity index (χ1n) is 6.30. The van der Waals surface area contributed by atoms with E-state index >= 15 is 0 Å². The lowest BCUT2D eigenvalue weighted by Gasteiger charge is -2.27. The second-order valence-electron chi connectivity index (χ2n) is 5.28. The van der Waals surface area contributed by atoms with Gasteiger partial charge < -0.3 is 28.3 Å². The third kappa shape index (κ3) is 11.3. The maximum absolute atomic E-state index is 11.4. The molecule has 2 unspecified atom stereocenters. The minimum absolute atomic E-state index is 0.00874. The van der Waals surface area contributed by atoms with Crippen molar-refractivity contribution in [2.24, 2.45) is 0 Å². The van der Waals surface area contributed by atoms with E-state index in [0.717, 1.165) is 0 Å². The number of nitrogens with zero attached hydrogens (tertiary/aromatic N) is 1. The van der Waals surface area contributed by atoms with Gasteiger partial charge in [-0.3, -0.25) is 9.36 Å². The molecule has 0 fully saturated rings. The summed E-state index contributed by atoms with van der Waals surface area (Å²) in [6.45, 7) is 1.27. The molecule has 0 bridgehead atoms. The van der Waals surface area contributed by atoms with Crippen LogP contribution in [0.1, 0.15) is 13.3 Å². The number of phosphoric acid groups is 1. The summed E-state index contributed by atoms with van der Waals surface area (Å²) >= 11 is 0. The molecular formula is C11H24NO7P. The fourth-order valence-corrected chi connectivity index (χ4v) is 1.71. The van der Waals surface area contributed by atoms with Crippen LogP contribution >= 0.6 is 7.82 Å². The quantitative estimate of drug-likeness (QED) is 0.329. The summed E-state index contributed by atoms with van der Waals surface area (Å²) in [4.78, 5) is 22.2. The third-order valence-corrected chi connectivity index (χ3v) is 3.13. The minimum atomic E-state index is -4.45. The predicted molar refractivity (Wildman–Crippen MR) is 69.7 cm³/mol. The van der Waals surface area contributed by atoms with Gasteiger partial charge in [0.1, 0.15) is 25.9 Å². The zero-order valence-corrected chi connectivity index (χ0v) is 13.3. The minimum Gasteiger partial charge on any atom is -0.756 e. The van der Waals surface area contributed by atoms with Gasteiger partial charge in [0.2, 0.25) is 0 Å². The van der Waals surface area contributed by atoms with E-state index in [2.05, 4.69) is 13.8 Å². The van der Waals surface area contributed by atoms with Gasteiger partial charge in [0, 0.05) is 6.42 Å². The average molecular weight is 313 g/mol. The Morgan fingerprint density at radius 2 is 1.90 bits per heavy atom. The van der Waals surface area contributed by atoms with Crippen LogP contribution in [0.15, 0.2) is 0 Å². The van der Waals surface area contributed by atoms with Crippen LogP contribution in [0.3, 0.4) is 0 Å². The van der Waals surface area contributed by atoms with Gasteiger partial charge in [0.05, 0.1) is 27.7 Å². The molecule has 20 heavy (non-hydrogen) atoms. The maximum atomic E-state index is 11.4. The fourth-order valence-electron chi connectivity index (χ4n) is 0.980. The van der Waals surface area contributed by atoms with Crippen molar-refractivity contribution in [3.05, 3.63) is 0 Å². The van der Waals surface area contributed by atoms with Crippen LogP contribution in [0.2, 0.25) is 0 Å². The summed E-state index contributed by atoms with van der Waals surface area (Å²) in [5.41, 5.74) is 0. The molecule has 0 aromatic carbocycles. The molecule has 0 aromatic rings. The Morgan fingerprint density at radius 3 is 2.40 bits per heavy atom. The molecule has 0 aromatic heterocycles. The van der Waals surface area contributed by atoms with Crippen molar-refractivity contribution in [3.63, 3.8) is 0 Å². The van der Waals surface area contributed by atoms with E-state index in [1.165, 1.54) is 0 Å². The highest BCUT2D eigenvalue weighted by Gasteiger charge is 2.16. The molecule has 0 saturated carbocycles. The SMILES string of the molecule is CCC(=O)OCC(O)COP(=O)([O-])OCC[N+](C)(C)C. The van der Waals surface area contributed by atoms with Gasteiger partial charge in [-0.05, 0) is 0 Å². The van der Waals surface area contributed by atoms with Gasteiger partial charge in [-0.15, -0.1) is 0 Å². The molecule has 2 atom stereocenters. The highest BCUT2D eigenvalue weighted by Crippen LogP contribution is 2.38. The number of carbonyl (C=O) groups is 1. The predicted octanol–water partition coefficient (Wildman–Crippen LogP) is -0.492. The van der Waals surface area contributed by atoms with E-state index in [1.807, 2.05) is 21.1 Å². The summed E-state index contributed by atoms with van der Waals surface area (Å²) in [6.07, 6.45) is -1.03. The number of hydrogen-bond donors (Lipinski definition) is 1. The first-order valence-corrected chi connectivity index (χ1v) is 7.76. The van der Waals surface area contributed by atoms with Gasteiger partial charge in [-0.2, -0.15) is 0 Å². The smallest absolute Gasteiger partial charge is 0.305 e. The Balaban J connectivity index is 3.91. The fraction of sp³-hybridized carbons (Fsp3) is 0.909. The molecule has 0 aliphatic carbocycles. The first-order chi connectivity index (χ1) is 9.06. The van der Waals surface area contributed by atoms with E-state index in [9.17, 15) is 19.4 Å². The van der Waals surface area contributed by atoms with E-state index in [1.54, 1.807) is 6.92 Å². The molecule has 120 valence electrons. The number of carbonyl (C=O) groups excluding carboxylic acids is 1. The van der Waals surface area contributed by atoms with Crippen molar-refractivity contribution < 1.29 is 37.6 Å². The van der Waals surface area contributed by atoms with Crippen molar-refractivity contribution in [3.8, 4) is 0 Å². The highest BCUT2D eigenvalue weighted by molar-refractivity contribution is 7.45. The van der Waals surface area contributed by atoms with E-state index < -0.39 is 26.5 Å². The molecule has 0 heterocycles. The Labute approximate surface area is 119 Å². The highest BCUT2D eigenvalue weighted by atomic mass is 31.2. The second kappa shape index (κ2) is 8.71. The molecule has 8 nitrogen and oxygen atoms in total. The van der Waals surface area contributed by atoms with Crippen LogP contribution in [-0.4, -0.2) is 69.2 Å². The zero-order chi connectivity index (χ0) is 15.8. The van der Waals surface area contributed by atoms with Crippen molar-refractivity contribution in [1.82, 2.24) is 0 Å². The maximum Gasteiger partial charge on any atom is 0.305 e. The molecule has 0 amide bonds. The lowest BCUT2D eigenvalue weighted by Crippen LogP contribution is -2.37. The van der Waals surface area contributed by atoms with Crippen LogP contribution in [0.4, 0.5) is 0 Å². The van der Waals surface area contributed by atoms with Gasteiger partial charge in [-0.25, -0.2) is 0 Å². The number of likely N-dealkylation sites (N-methyl/N-ethyl adjacent to an activating group) is 1. The number of esters is 1. The van der Waals surface area contributed by atoms with Crippen LogP contribution in [0.25, 0.3) is 0 Å². The lowest BCUT2D eigenvalue weighted by atomic mass is 10.4. The summed E-state index contributed by atoms with van der Waals surface area (Å²) in [5.74, 6) is -0.478.